The first-order valence-corrected chi connectivity index (χ1v) is 9.79. The maximum Gasteiger partial charge on any atom is 0.288 e. The number of pyridine rings is 1. The van der Waals surface area contributed by atoms with Gasteiger partial charge in [-0.1, -0.05) is 54.1 Å². The fourth-order valence-electron chi connectivity index (χ4n) is 3.49. The molecule has 152 valence electrons. The molecule has 1 aliphatic heterocycles. The zero-order chi connectivity index (χ0) is 21.1. The van der Waals surface area contributed by atoms with Crippen molar-refractivity contribution < 1.29 is 14.4 Å². The summed E-state index contributed by atoms with van der Waals surface area (Å²) in [5, 5.41) is 0.927. The van der Waals surface area contributed by atoms with E-state index in [-0.39, 0.29) is 23.9 Å². The van der Waals surface area contributed by atoms with E-state index >= 15 is 0 Å². The first kappa shape index (κ1) is 19.6. The summed E-state index contributed by atoms with van der Waals surface area (Å²) in [5.74, 6) is -1.47. The number of hydrogen-bond donors (Lipinski definition) is 2. The van der Waals surface area contributed by atoms with E-state index in [0.717, 1.165) is 16.5 Å². The molecule has 0 saturated carbocycles. The van der Waals surface area contributed by atoms with E-state index in [1.807, 2.05) is 55.5 Å². The quantitative estimate of drug-likeness (QED) is 0.656. The van der Waals surface area contributed by atoms with Gasteiger partial charge in [0, 0.05) is 24.9 Å². The van der Waals surface area contributed by atoms with Gasteiger partial charge in [-0.2, -0.15) is 0 Å². The Labute approximate surface area is 174 Å². The lowest BCUT2D eigenvalue weighted by atomic mass is 10.1. The number of likely N-dealkylation sites (tertiary alicyclic amines) is 1. The number of benzene rings is 2. The monoisotopic (exact) mass is 402 g/mol. The summed E-state index contributed by atoms with van der Waals surface area (Å²) in [6.45, 7) is 2.80. The van der Waals surface area contributed by atoms with Gasteiger partial charge >= 0.3 is 0 Å². The molecule has 1 aromatic heterocycles. The lowest BCUT2D eigenvalue weighted by Gasteiger charge is -2.17. The van der Waals surface area contributed by atoms with Gasteiger partial charge in [-0.25, -0.2) is 4.98 Å². The SMILES string of the molecule is Cc1ccc(CN2CC(C(=O)NNC(=O)c3ccc4ccccc4n3)CC2=O)cc1. The minimum atomic E-state index is -0.507. The lowest BCUT2D eigenvalue weighted by molar-refractivity contribution is -0.129. The third-order valence-corrected chi connectivity index (χ3v) is 5.21. The van der Waals surface area contributed by atoms with Crippen molar-refractivity contribution in [2.75, 3.05) is 6.54 Å². The fourth-order valence-corrected chi connectivity index (χ4v) is 3.49. The molecule has 3 aromatic rings. The molecular weight excluding hydrogens is 380 g/mol. The molecule has 1 aliphatic rings. The number of nitrogens with zero attached hydrogens (tertiary/aromatic N) is 2. The van der Waals surface area contributed by atoms with Crippen LogP contribution in [0.2, 0.25) is 0 Å². The van der Waals surface area contributed by atoms with Gasteiger partial charge in [-0.05, 0) is 24.6 Å². The maximum absolute atomic E-state index is 12.5. The van der Waals surface area contributed by atoms with Crippen LogP contribution in [0.3, 0.4) is 0 Å². The third kappa shape index (κ3) is 4.30. The highest BCUT2D eigenvalue weighted by atomic mass is 16.2. The summed E-state index contributed by atoms with van der Waals surface area (Å²) in [4.78, 5) is 43.1. The van der Waals surface area contributed by atoms with Crippen LogP contribution in [0.4, 0.5) is 0 Å². The largest absolute Gasteiger partial charge is 0.338 e. The molecule has 7 nitrogen and oxygen atoms in total. The van der Waals surface area contributed by atoms with E-state index in [0.29, 0.717) is 18.6 Å². The molecule has 2 aromatic carbocycles. The Bertz CT molecular complexity index is 1110. The van der Waals surface area contributed by atoms with Gasteiger partial charge < -0.3 is 4.90 Å². The molecule has 1 fully saturated rings. The molecule has 0 spiro atoms. The topological polar surface area (TPSA) is 91.4 Å². The van der Waals surface area contributed by atoms with Crippen LogP contribution in [0.25, 0.3) is 10.9 Å². The molecule has 1 saturated heterocycles. The molecule has 4 rings (SSSR count). The van der Waals surface area contributed by atoms with E-state index in [1.165, 1.54) is 0 Å². The number of carbonyl (C=O) groups is 3. The summed E-state index contributed by atoms with van der Waals surface area (Å²) >= 11 is 0. The highest BCUT2D eigenvalue weighted by molar-refractivity contribution is 5.96. The van der Waals surface area contributed by atoms with Crippen LogP contribution in [0.1, 0.15) is 28.0 Å². The van der Waals surface area contributed by atoms with Gasteiger partial charge in [0.2, 0.25) is 11.8 Å². The van der Waals surface area contributed by atoms with Crippen LogP contribution >= 0.6 is 0 Å². The first-order chi connectivity index (χ1) is 14.5. The molecule has 2 heterocycles. The second-order valence-corrected chi connectivity index (χ2v) is 7.49. The van der Waals surface area contributed by atoms with Crippen LogP contribution < -0.4 is 10.9 Å². The van der Waals surface area contributed by atoms with Crippen molar-refractivity contribution in [2.24, 2.45) is 5.92 Å². The highest BCUT2D eigenvalue weighted by Crippen LogP contribution is 2.20. The predicted molar refractivity (Wildman–Crippen MR) is 112 cm³/mol. The predicted octanol–water partition coefficient (Wildman–Crippen LogP) is 2.35. The number of aromatic nitrogens is 1. The molecule has 0 radical (unpaired) electrons. The molecule has 2 N–H and O–H groups in total. The highest BCUT2D eigenvalue weighted by Gasteiger charge is 2.34. The summed E-state index contributed by atoms with van der Waals surface area (Å²) in [7, 11) is 0. The first-order valence-electron chi connectivity index (χ1n) is 9.79. The minimum absolute atomic E-state index is 0.0711. The Morgan fingerprint density at radius 2 is 1.80 bits per heavy atom. The molecule has 1 atom stereocenters. The Morgan fingerprint density at radius 3 is 2.60 bits per heavy atom. The zero-order valence-corrected chi connectivity index (χ0v) is 16.6. The van der Waals surface area contributed by atoms with E-state index in [9.17, 15) is 14.4 Å². The molecule has 30 heavy (non-hydrogen) atoms. The standard InChI is InChI=1S/C23H22N4O3/c1-15-6-8-16(9-7-15)13-27-14-18(12-21(27)28)22(29)25-26-23(30)20-11-10-17-4-2-3-5-19(17)24-20/h2-11,18H,12-14H2,1H3,(H,25,29)(H,26,30). The third-order valence-electron chi connectivity index (χ3n) is 5.21. The van der Waals surface area contributed by atoms with E-state index < -0.39 is 11.8 Å². The van der Waals surface area contributed by atoms with Crippen molar-refractivity contribution in [3.8, 4) is 0 Å². The molecular formula is C23H22N4O3. The summed E-state index contributed by atoms with van der Waals surface area (Å²) in [6, 6.07) is 18.8. The zero-order valence-electron chi connectivity index (χ0n) is 16.6. The van der Waals surface area contributed by atoms with Crippen LogP contribution in [-0.2, 0) is 16.1 Å². The van der Waals surface area contributed by atoms with Crippen LogP contribution in [0.5, 0.6) is 0 Å². The number of fused-ring (bicyclic) bond motifs is 1. The number of aryl methyl sites for hydroxylation is 1. The van der Waals surface area contributed by atoms with Crippen LogP contribution in [0, 0.1) is 12.8 Å². The summed E-state index contributed by atoms with van der Waals surface area (Å²) < 4.78 is 0. The Morgan fingerprint density at radius 1 is 1.03 bits per heavy atom. The van der Waals surface area contributed by atoms with Crippen molar-refractivity contribution in [1.82, 2.24) is 20.7 Å². The van der Waals surface area contributed by atoms with Gasteiger partial charge in [0.05, 0.1) is 11.4 Å². The fraction of sp³-hybridized carbons (Fsp3) is 0.217. The normalized spacial score (nSPS) is 16.0. The van der Waals surface area contributed by atoms with Gasteiger partial charge in [0.25, 0.3) is 5.91 Å². The van der Waals surface area contributed by atoms with Crippen LogP contribution in [0.15, 0.2) is 60.7 Å². The molecule has 0 aliphatic carbocycles. The molecule has 7 heteroatoms. The number of para-hydroxylation sites is 1. The van der Waals surface area contributed by atoms with Crippen molar-refractivity contribution in [1.29, 1.82) is 0 Å². The number of hydrazine groups is 1. The Hall–Kier alpha value is -3.74. The number of amides is 3. The minimum Gasteiger partial charge on any atom is -0.338 e. The average Bonchev–Trinajstić information content (AvgIpc) is 3.13. The molecule has 0 bridgehead atoms. The Kier molecular flexibility index (Phi) is 5.43. The van der Waals surface area contributed by atoms with Gasteiger partial charge in [0.1, 0.15) is 5.69 Å². The number of carbonyl (C=O) groups excluding carboxylic acids is 3. The summed E-state index contributed by atoms with van der Waals surface area (Å²) in [5.41, 5.74) is 7.90. The van der Waals surface area contributed by atoms with Gasteiger partial charge in [-0.3, -0.25) is 25.2 Å². The molecule has 1 unspecified atom stereocenters. The average molecular weight is 402 g/mol. The van der Waals surface area contributed by atoms with Gasteiger partial charge in [-0.15, -0.1) is 0 Å². The lowest BCUT2D eigenvalue weighted by Crippen LogP contribution is -2.45. The van der Waals surface area contributed by atoms with Crippen LogP contribution in [-0.4, -0.2) is 34.2 Å². The Balaban J connectivity index is 1.32. The second kappa shape index (κ2) is 8.32. The van der Waals surface area contributed by atoms with Crippen molar-refractivity contribution in [2.45, 2.75) is 19.9 Å². The maximum atomic E-state index is 12.5. The molecule has 3 amide bonds. The van der Waals surface area contributed by atoms with Crippen molar-refractivity contribution in [3.05, 3.63) is 77.5 Å². The number of hydrogen-bond acceptors (Lipinski definition) is 4. The van der Waals surface area contributed by atoms with Gasteiger partial charge in [0.15, 0.2) is 0 Å². The van der Waals surface area contributed by atoms with E-state index in [4.69, 9.17) is 0 Å². The van der Waals surface area contributed by atoms with E-state index in [2.05, 4.69) is 15.8 Å². The second-order valence-electron chi connectivity index (χ2n) is 7.49. The van der Waals surface area contributed by atoms with E-state index in [1.54, 1.807) is 17.0 Å². The smallest absolute Gasteiger partial charge is 0.288 e. The van der Waals surface area contributed by atoms with Crippen molar-refractivity contribution >= 4 is 28.6 Å². The number of nitrogens with one attached hydrogen (secondary N) is 2. The summed E-state index contributed by atoms with van der Waals surface area (Å²) in [6.07, 6.45) is 0.127. The number of rotatable bonds is 4. The van der Waals surface area contributed by atoms with Crippen molar-refractivity contribution in [3.63, 3.8) is 0 Å².